The minimum absolute atomic E-state index is 0.0145. The van der Waals surface area contributed by atoms with Gasteiger partial charge in [-0.05, 0) is 96.1 Å². The monoisotopic (exact) mass is 1420 g/mol. The number of hydrogen-bond donors (Lipinski definition) is 14. The number of hydrogen-bond acceptors (Lipinski definition) is 15. The summed E-state index contributed by atoms with van der Waals surface area (Å²) in [4.78, 5) is 168. The summed E-state index contributed by atoms with van der Waals surface area (Å²) < 4.78 is 29.9. The smallest absolute Gasteiger partial charge is 0.305 e. The first-order chi connectivity index (χ1) is 48.7. The number of thioether (sulfide) groups is 2. The lowest BCUT2D eigenvalue weighted by Crippen LogP contribution is -2.62. The van der Waals surface area contributed by atoms with Crippen molar-refractivity contribution in [3.05, 3.63) is 173 Å². The molecule has 8 aromatic rings. The number of carbonyl (C=O) groups excluding carboxylic acids is 9. The molecule has 10 rings (SSSR count). The average molecular weight is 1420 g/mol. The normalized spacial score (nSPS) is 22.4. The number of aliphatic carboxylic acids is 1. The Hall–Kier alpha value is -10.9. The van der Waals surface area contributed by atoms with Gasteiger partial charge in [0, 0.05) is 127 Å². The van der Waals surface area contributed by atoms with E-state index in [0.29, 0.717) is 87.7 Å². The van der Waals surface area contributed by atoms with Crippen molar-refractivity contribution in [2.75, 3.05) is 31.1 Å². The lowest BCUT2D eigenvalue weighted by molar-refractivity contribution is -0.142. The van der Waals surface area contributed by atoms with Crippen LogP contribution >= 0.6 is 23.5 Å². The maximum atomic E-state index is 15.3. The number of amides is 9. The molecular formula is C69H76F2N16O12S2. The van der Waals surface area contributed by atoms with Crippen molar-refractivity contribution in [3.8, 4) is 5.75 Å². The van der Waals surface area contributed by atoms with Crippen LogP contribution in [0, 0.1) is 11.6 Å². The quantitative estimate of drug-likeness (QED) is 0.0737. The highest BCUT2D eigenvalue weighted by molar-refractivity contribution is 7.98. The van der Waals surface area contributed by atoms with Gasteiger partial charge in [-0.25, -0.2) is 23.7 Å². The first-order valence-electron chi connectivity index (χ1n) is 32.5. The standard InChI is InChI=1S/C69H76F2N16O12S2/c1-69-15-3-17-87(69)67(99)58(21-39-6-10-48(89)11-7-39)86-65(97)56(27-47-32-73-37-79-47)84-66(98)57(28-61(92)93)85-64(96)54(23-43-30-76-52-13-9-45(71)25-50(43)52)83-63(95)53(22-42-29-75-51-12-8-44(70)24-49(42)51)82-60(91)33-77-62(94)55(26-46-31-72-36-78-46)81-59(90)14-18-100-34-40-4-2-5-41(20-40)35-101-19-16-74-68(69)80-38-88/h2,4-13,20,24-25,29-32,36-38,53-58,75-76,89H,3,14-19,21-23,26-28,33-35H2,1H3,(H,72,78)(H,73,79)(H,77,94)(H,81,90)(H,82,91)(H,83,95)(H,84,98)(H,85,96)(H,86,97)(H,92,93)(H,74,80,88)/t53-,54-,55-,56-,57-,58-,69-/m0/s1. The van der Waals surface area contributed by atoms with E-state index in [9.17, 15) is 47.8 Å². The Labute approximate surface area is 585 Å². The third-order valence-electron chi connectivity index (χ3n) is 17.4. The number of amidine groups is 1. The number of aromatic nitrogens is 6. The molecule has 1 saturated heterocycles. The summed E-state index contributed by atoms with van der Waals surface area (Å²) in [6.07, 6.45) is 7.21. The van der Waals surface area contributed by atoms with Crippen molar-refractivity contribution in [1.29, 1.82) is 0 Å². The fourth-order valence-corrected chi connectivity index (χ4v) is 14.0. The second-order valence-electron chi connectivity index (χ2n) is 24.7. The number of phenolic OH excluding ortho intramolecular Hbond substituents is 1. The molecule has 32 heteroatoms. The zero-order chi connectivity index (χ0) is 71.6. The predicted molar refractivity (Wildman–Crippen MR) is 371 cm³/mol. The van der Waals surface area contributed by atoms with Gasteiger partial charge in [0.25, 0.3) is 0 Å². The third kappa shape index (κ3) is 19.7. The molecule has 9 amide bonds. The number of benzene rings is 4. The van der Waals surface area contributed by atoms with Gasteiger partial charge in [0.15, 0.2) is 0 Å². The summed E-state index contributed by atoms with van der Waals surface area (Å²) in [5.41, 5.74) is 3.46. The highest BCUT2D eigenvalue weighted by Crippen LogP contribution is 2.32. The number of carboxylic acids is 1. The number of nitrogens with one attached hydrogen (secondary N) is 12. The molecule has 101 heavy (non-hydrogen) atoms. The van der Waals surface area contributed by atoms with Crippen LogP contribution in [0.1, 0.15) is 71.8 Å². The fraction of sp³-hybridized carbons (Fsp3) is 0.348. The SMILES string of the molecule is C[C@@]12CCCN1C(=O)[C@H](Cc1ccc(O)cc1)NC(=O)[C@H](Cc1cnc[nH]1)NC(=O)[C@H](CC(=O)O)NC(=O)[C@H](Cc1c[nH]c3ccc(F)cc13)NC(=O)[C@H](Cc1c[nH]c3ccc(F)cc13)NC(=O)CNC(=O)[C@H](Cc1c[nH]cn1)NC(=O)CCSCc1cccc(c1)CSCCNC2=NC=O. The molecule has 14 N–H and O–H groups in total. The fourth-order valence-electron chi connectivity index (χ4n) is 12.3. The number of phenols is 1. The Morgan fingerprint density at radius 1 is 0.653 bits per heavy atom. The van der Waals surface area contributed by atoms with Crippen molar-refractivity contribution in [2.24, 2.45) is 4.99 Å². The summed E-state index contributed by atoms with van der Waals surface area (Å²) in [7, 11) is 0. The van der Waals surface area contributed by atoms with Crippen LogP contribution in [0.4, 0.5) is 8.78 Å². The molecule has 7 atom stereocenters. The van der Waals surface area contributed by atoms with Gasteiger partial charge < -0.3 is 77.6 Å². The number of fused-ring (bicyclic) bond motifs is 5. The van der Waals surface area contributed by atoms with Gasteiger partial charge >= 0.3 is 5.97 Å². The molecule has 2 aliphatic rings. The van der Waals surface area contributed by atoms with E-state index < -0.39 is 126 Å². The van der Waals surface area contributed by atoms with Gasteiger partial charge in [-0.1, -0.05) is 36.4 Å². The molecule has 0 radical (unpaired) electrons. The molecule has 2 aliphatic heterocycles. The van der Waals surface area contributed by atoms with E-state index in [0.717, 1.165) is 11.1 Å². The predicted octanol–water partition coefficient (Wildman–Crippen LogP) is 3.19. The number of rotatable bonds is 13. The Morgan fingerprint density at radius 3 is 1.86 bits per heavy atom. The second-order valence-corrected chi connectivity index (χ2v) is 26.9. The summed E-state index contributed by atoms with van der Waals surface area (Å²) >= 11 is 3.11. The van der Waals surface area contributed by atoms with E-state index in [4.69, 9.17) is 0 Å². The van der Waals surface area contributed by atoms with Crippen molar-refractivity contribution in [3.63, 3.8) is 0 Å². The van der Waals surface area contributed by atoms with Crippen LogP contribution in [0.15, 0.2) is 127 Å². The van der Waals surface area contributed by atoms with E-state index in [1.807, 2.05) is 18.2 Å². The zero-order valence-electron chi connectivity index (χ0n) is 54.7. The lowest BCUT2D eigenvalue weighted by atomic mass is 9.95. The molecule has 28 nitrogen and oxygen atoms in total. The van der Waals surface area contributed by atoms with Gasteiger partial charge in [-0.2, -0.15) is 23.5 Å². The van der Waals surface area contributed by atoms with Crippen LogP contribution < -0.4 is 42.5 Å². The Kier molecular flexibility index (Phi) is 24.7. The average Bonchev–Trinajstić information content (AvgIpc) is 1.68. The number of aliphatic imine (C=N–C) groups is 1. The van der Waals surface area contributed by atoms with E-state index >= 15 is 19.2 Å². The Balaban J connectivity index is 0.982. The van der Waals surface area contributed by atoms with Crippen LogP contribution in [0.25, 0.3) is 21.8 Å². The maximum absolute atomic E-state index is 15.3. The molecule has 0 spiro atoms. The van der Waals surface area contributed by atoms with Crippen molar-refractivity contribution < 1.29 is 66.9 Å². The lowest BCUT2D eigenvalue weighted by Gasteiger charge is -2.38. The summed E-state index contributed by atoms with van der Waals surface area (Å²) in [6, 6.07) is 11.8. The molecule has 530 valence electrons. The van der Waals surface area contributed by atoms with E-state index in [-0.39, 0.29) is 61.2 Å². The molecular weight excluding hydrogens is 1350 g/mol. The Bertz CT molecular complexity index is 4320. The largest absolute Gasteiger partial charge is 0.508 e. The number of nitrogens with zero attached hydrogens (tertiary/aromatic N) is 4. The molecule has 0 aliphatic carbocycles. The maximum Gasteiger partial charge on any atom is 0.305 e. The molecule has 0 saturated carbocycles. The number of aromatic hydroxyl groups is 1. The van der Waals surface area contributed by atoms with Gasteiger partial charge in [-0.3, -0.25) is 47.9 Å². The number of halogens is 2. The van der Waals surface area contributed by atoms with Gasteiger partial charge in [0.2, 0.25) is 53.7 Å². The number of carboxylic acid groups (broad SMARTS) is 1. The molecule has 0 unspecified atom stereocenters. The zero-order valence-corrected chi connectivity index (χ0v) is 56.4. The van der Waals surface area contributed by atoms with E-state index in [1.54, 1.807) is 30.8 Å². The van der Waals surface area contributed by atoms with Crippen LogP contribution in [-0.4, -0.2) is 183 Å². The summed E-state index contributed by atoms with van der Waals surface area (Å²) in [6.45, 7) is 1.49. The van der Waals surface area contributed by atoms with Crippen LogP contribution in [0.3, 0.4) is 0 Å². The van der Waals surface area contributed by atoms with Gasteiger partial charge in [0.1, 0.15) is 59.5 Å². The first kappa shape index (κ1) is 72.8. The van der Waals surface area contributed by atoms with Crippen molar-refractivity contribution in [1.82, 2.24) is 77.3 Å². The number of aromatic amines is 4. The summed E-state index contributed by atoms with van der Waals surface area (Å²) in [5, 5.41) is 42.8. The first-order valence-corrected chi connectivity index (χ1v) is 34.8. The Morgan fingerprint density at radius 2 is 1.25 bits per heavy atom. The van der Waals surface area contributed by atoms with Crippen LogP contribution in [0.2, 0.25) is 0 Å². The minimum Gasteiger partial charge on any atom is -0.508 e. The highest BCUT2D eigenvalue weighted by atomic mass is 32.2. The molecule has 4 aromatic heterocycles. The molecule has 2 bridgehead atoms. The van der Waals surface area contributed by atoms with Crippen LogP contribution in [-0.2, 0) is 91.6 Å². The highest BCUT2D eigenvalue weighted by Gasteiger charge is 2.47. The van der Waals surface area contributed by atoms with Crippen LogP contribution in [0.5, 0.6) is 5.75 Å². The topological polar surface area (TPSA) is 412 Å². The number of imidazole rings is 2. The van der Waals surface area contributed by atoms with E-state index in [2.05, 4.69) is 83.5 Å². The van der Waals surface area contributed by atoms with Crippen molar-refractivity contribution in [2.45, 2.75) is 118 Å². The number of carbonyl (C=O) groups is 10. The molecule has 1 fully saturated rings. The third-order valence-corrected chi connectivity index (χ3v) is 19.4. The second kappa shape index (κ2) is 34.3. The molecule has 4 aromatic carbocycles. The summed E-state index contributed by atoms with van der Waals surface area (Å²) in [5.74, 6) is -7.87. The minimum atomic E-state index is -2.02. The van der Waals surface area contributed by atoms with Crippen molar-refractivity contribution >= 4 is 111 Å². The molecule has 6 heterocycles. The van der Waals surface area contributed by atoms with Gasteiger partial charge in [-0.15, -0.1) is 0 Å². The van der Waals surface area contributed by atoms with Gasteiger partial charge in [0.05, 0.1) is 36.9 Å². The van der Waals surface area contributed by atoms with E-state index in [1.165, 1.54) is 103 Å². The number of H-pyrrole nitrogens is 4.